The first-order chi connectivity index (χ1) is 10.1. The van der Waals surface area contributed by atoms with Crippen LogP contribution in [0.25, 0.3) is 10.8 Å². The van der Waals surface area contributed by atoms with Crippen molar-refractivity contribution in [1.82, 2.24) is 4.98 Å². The summed E-state index contributed by atoms with van der Waals surface area (Å²) in [7, 11) is 0. The standard InChI is InChI=1S/C16H12ClN3O/c17-11-5-3-6-12(9-11)19-16(21)14-8-10-4-1-2-7-13(10)15(18)20-14/h1-9H,(H2,18,20)(H,19,21). The van der Waals surface area contributed by atoms with Gasteiger partial charge in [0.1, 0.15) is 11.5 Å². The van der Waals surface area contributed by atoms with Crippen LogP contribution in [0.5, 0.6) is 0 Å². The average molecular weight is 298 g/mol. The molecule has 1 heterocycles. The smallest absolute Gasteiger partial charge is 0.274 e. The van der Waals surface area contributed by atoms with E-state index < -0.39 is 0 Å². The van der Waals surface area contributed by atoms with Crippen LogP contribution in [0.3, 0.4) is 0 Å². The van der Waals surface area contributed by atoms with Crippen molar-refractivity contribution < 1.29 is 4.79 Å². The SMILES string of the molecule is Nc1nc(C(=O)Nc2cccc(Cl)c2)cc2ccccc12. The molecule has 3 aromatic rings. The molecular weight excluding hydrogens is 286 g/mol. The van der Waals surface area contributed by atoms with E-state index in [1.165, 1.54) is 0 Å². The van der Waals surface area contributed by atoms with Gasteiger partial charge in [0.2, 0.25) is 0 Å². The van der Waals surface area contributed by atoms with Crippen molar-refractivity contribution in [2.45, 2.75) is 0 Å². The topological polar surface area (TPSA) is 68.0 Å². The number of anilines is 2. The Hall–Kier alpha value is -2.59. The molecule has 0 spiro atoms. The summed E-state index contributed by atoms with van der Waals surface area (Å²) in [6, 6.07) is 16.2. The van der Waals surface area contributed by atoms with Crippen LogP contribution >= 0.6 is 11.6 Å². The molecule has 0 bridgehead atoms. The summed E-state index contributed by atoms with van der Waals surface area (Å²) in [6.07, 6.45) is 0. The molecular formula is C16H12ClN3O. The molecule has 0 unspecified atom stereocenters. The second-order valence-corrected chi connectivity index (χ2v) is 5.01. The van der Waals surface area contributed by atoms with Crippen molar-refractivity contribution in [3.63, 3.8) is 0 Å². The van der Waals surface area contributed by atoms with E-state index in [4.69, 9.17) is 17.3 Å². The van der Waals surface area contributed by atoms with Crippen LogP contribution in [0.1, 0.15) is 10.5 Å². The zero-order chi connectivity index (χ0) is 14.8. The molecule has 21 heavy (non-hydrogen) atoms. The lowest BCUT2D eigenvalue weighted by Crippen LogP contribution is -2.14. The fraction of sp³-hybridized carbons (Fsp3) is 0. The summed E-state index contributed by atoms with van der Waals surface area (Å²) >= 11 is 5.89. The van der Waals surface area contributed by atoms with Crippen molar-refractivity contribution in [3.05, 3.63) is 65.3 Å². The van der Waals surface area contributed by atoms with Crippen LogP contribution in [0.2, 0.25) is 5.02 Å². The van der Waals surface area contributed by atoms with Crippen LogP contribution in [0, 0.1) is 0 Å². The highest BCUT2D eigenvalue weighted by Crippen LogP contribution is 2.21. The minimum atomic E-state index is -0.324. The number of hydrogen-bond acceptors (Lipinski definition) is 3. The van der Waals surface area contributed by atoms with E-state index in [1.54, 1.807) is 30.3 Å². The number of hydrogen-bond donors (Lipinski definition) is 2. The fourth-order valence-electron chi connectivity index (χ4n) is 2.10. The Morgan fingerprint density at radius 2 is 1.90 bits per heavy atom. The normalized spacial score (nSPS) is 10.5. The highest BCUT2D eigenvalue weighted by Gasteiger charge is 2.11. The van der Waals surface area contributed by atoms with Crippen molar-refractivity contribution >= 4 is 39.8 Å². The predicted molar refractivity (Wildman–Crippen MR) is 85.6 cm³/mol. The van der Waals surface area contributed by atoms with Gasteiger partial charge in [0.15, 0.2) is 0 Å². The lowest BCUT2D eigenvalue weighted by molar-refractivity contribution is 0.102. The van der Waals surface area contributed by atoms with E-state index >= 15 is 0 Å². The second-order valence-electron chi connectivity index (χ2n) is 4.58. The minimum Gasteiger partial charge on any atom is -0.383 e. The van der Waals surface area contributed by atoms with E-state index in [-0.39, 0.29) is 11.6 Å². The third kappa shape index (κ3) is 2.80. The summed E-state index contributed by atoms with van der Waals surface area (Å²) in [5, 5.41) is 5.01. The quantitative estimate of drug-likeness (QED) is 0.757. The zero-order valence-corrected chi connectivity index (χ0v) is 11.8. The molecule has 4 nitrogen and oxygen atoms in total. The molecule has 0 atom stereocenters. The molecule has 104 valence electrons. The summed E-state index contributed by atoms with van der Waals surface area (Å²) in [6.45, 7) is 0. The Labute approximate surface area is 126 Å². The number of rotatable bonds is 2. The number of aromatic nitrogens is 1. The summed E-state index contributed by atoms with van der Waals surface area (Å²) in [5.74, 6) is 0.0130. The Bertz CT molecular complexity index is 833. The number of nitrogen functional groups attached to an aromatic ring is 1. The monoisotopic (exact) mass is 297 g/mol. The molecule has 2 aromatic carbocycles. The second kappa shape index (κ2) is 5.42. The van der Waals surface area contributed by atoms with Gasteiger partial charge in [-0.3, -0.25) is 4.79 Å². The van der Waals surface area contributed by atoms with E-state index in [2.05, 4.69) is 10.3 Å². The van der Waals surface area contributed by atoms with Crippen molar-refractivity contribution in [3.8, 4) is 0 Å². The average Bonchev–Trinajstić information content (AvgIpc) is 2.47. The predicted octanol–water partition coefficient (Wildman–Crippen LogP) is 3.72. The minimum absolute atomic E-state index is 0.270. The van der Waals surface area contributed by atoms with Gasteiger partial charge < -0.3 is 11.1 Å². The number of fused-ring (bicyclic) bond motifs is 1. The molecule has 1 aromatic heterocycles. The Morgan fingerprint density at radius 1 is 1.10 bits per heavy atom. The van der Waals surface area contributed by atoms with E-state index in [9.17, 15) is 4.79 Å². The molecule has 3 N–H and O–H groups in total. The zero-order valence-electron chi connectivity index (χ0n) is 11.0. The van der Waals surface area contributed by atoms with Crippen molar-refractivity contribution in [2.24, 2.45) is 0 Å². The number of nitrogens with one attached hydrogen (secondary N) is 1. The molecule has 0 aliphatic carbocycles. The number of pyridine rings is 1. The summed E-state index contributed by atoms with van der Waals surface area (Å²) < 4.78 is 0. The van der Waals surface area contributed by atoms with Gasteiger partial charge in [-0.2, -0.15) is 0 Å². The van der Waals surface area contributed by atoms with Gasteiger partial charge in [0.25, 0.3) is 5.91 Å². The molecule has 0 aliphatic rings. The third-order valence-corrected chi connectivity index (χ3v) is 3.32. The van der Waals surface area contributed by atoms with Gasteiger partial charge in [0.05, 0.1) is 0 Å². The van der Waals surface area contributed by atoms with Crippen LogP contribution in [-0.2, 0) is 0 Å². The van der Waals surface area contributed by atoms with Crippen LogP contribution in [0.15, 0.2) is 54.6 Å². The molecule has 0 radical (unpaired) electrons. The van der Waals surface area contributed by atoms with Gasteiger partial charge in [0, 0.05) is 16.1 Å². The molecule has 3 rings (SSSR count). The largest absolute Gasteiger partial charge is 0.383 e. The Kier molecular flexibility index (Phi) is 3.46. The summed E-state index contributed by atoms with van der Waals surface area (Å²) in [5.41, 5.74) is 6.78. The molecule has 1 amide bonds. The number of amides is 1. The fourth-order valence-corrected chi connectivity index (χ4v) is 2.29. The highest BCUT2D eigenvalue weighted by molar-refractivity contribution is 6.31. The maximum atomic E-state index is 12.2. The van der Waals surface area contributed by atoms with E-state index in [1.807, 2.05) is 24.3 Å². The Morgan fingerprint density at radius 3 is 2.71 bits per heavy atom. The first-order valence-electron chi connectivity index (χ1n) is 6.36. The van der Waals surface area contributed by atoms with Gasteiger partial charge in [-0.1, -0.05) is 41.9 Å². The lowest BCUT2D eigenvalue weighted by Gasteiger charge is -2.07. The third-order valence-electron chi connectivity index (χ3n) is 3.08. The molecule has 0 saturated carbocycles. The van der Waals surface area contributed by atoms with Crippen molar-refractivity contribution in [1.29, 1.82) is 0 Å². The molecule has 5 heteroatoms. The van der Waals surface area contributed by atoms with E-state index in [0.29, 0.717) is 16.5 Å². The first-order valence-corrected chi connectivity index (χ1v) is 6.73. The molecule has 0 aliphatic heterocycles. The Balaban J connectivity index is 1.94. The van der Waals surface area contributed by atoms with Crippen LogP contribution < -0.4 is 11.1 Å². The van der Waals surface area contributed by atoms with Gasteiger partial charge in [-0.05, 0) is 29.7 Å². The number of nitrogens with two attached hydrogens (primary N) is 1. The number of halogens is 1. The van der Waals surface area contributed by atoms with Gasteiger partial charge >= 0.3 is 0 Å². The number of benzene rings is 2. The lowest BCUT2D eigenvalue weighted by atomic mass is 10.1. The molecule has 0 saturated heterocycles. The maximum Gasteiger partial charge on any atom is 0.274 e. The van der Waals surface area contributed by atoms with Crippen molar-refractivity contribution in [2.75, 3.05) is 11.1 Å². The maximum absolute atomic E-state index is 12.2. The number of nitrogens with zero attached hydrogens (tertiary/aromatic N) is 1. The number of carbonyl (C=O) groups excluding carboxylic acids is 1. The first kappa shape index (κ1) is 13.4. The van der Waals surface area contributed by atoms with Crippen LogP contribution in [-0.4, -0.2) is 10.9 Å². The molecule has 0 fully saturated rings. The van der Waals surface area contributed by atoms with Gasteiger partial charge in [-0.15, -0.1) is 0 Å². The summed E-state index contributed by atoms with van der Waals surface area (Å²) in [4.78, 5) is 16.4. The number of carbonyl (C=O) groups is 1. The van der Waals surface area contributed by atoms with E-state index in [0.717, 1.165) is 10.8 Å². The highest BCUT2D eigenvalue weighted by atomic mass is 35.5. The van der Waals surface area contributed by atoms with Crippen LogP contribution in [0.4, 0.5) is 11.5 Å². The van der Waals surface area contributed by atoms with Gasteiger partial charge in [-0.25, -0.2) is 4.98 Å².